The molecule has 3 unspecified atom stereocenters. The number of hydrogen-bond acceptors (Lipinski definition) is 4. The van der Waals surface area contributed by atoms with Gasteiger partial charge < -0.3 is 10.3 Å². The Kier molecular flexibility index (Phi) is 3.14. The molecule has 1 aromatic rings. The highest BCUT2D eigenvalue weighted by Gasteiger charge is 2.42. The van der Waals surface area contributed by atoms with Crippen molar-refractivity contribution >= 4 is 0 Å². The van der Waals surface area contributed by atoms with E-state index in [2.05, 4.69) is 24.0 Å². The van der Waals surface area contributed by atoms with Crippen molar-refractivity contribution < 1.29 is 4.52 Å². The Bertz CT molecular complexity index is 415. The van der Waals surface area contributed by atoms with E-state index in [1.54, 1.807) is 0 Å². The SMILES string of the molecule is CC(C)C[C@H](N)c1nc(C2CC3CCC2C3)no1. The van der Waals surface area contributed by atoms with Gasteiger partial charge in [-0.25, -0.2) is 0 Å². The highest BCUT2D eigenvalue weighted by Crippen LogP contribution is 2.52. The van der Waals surface area contributed by atoms with E-state index in [0.717, 1.165) is 24.1 Å². The van der Waals surface area contributed by atoms with Gasteiger partial charge in [0, 0.05) is 5.92 Å². The minimum absolute atomic E-state index is 0.107. The molecule has 4 nitrogen and oxygen atoms in total. The molecule has 4 heteroatoms. The maximum atomic E-state index is 6.09. The van der Waals surface area contributed by atoms with Gasteiger partial charge in [0.2, 0.25) is 5.89 Å². The zero-order valence-corrected chi connectivity index (χ0v) is 11.3. The topological polar surface area (TPSA) is 64.9 Å². The molecular weight excluding hydrogens is 226 g/mol. The molecule has 4 atom stereocenters. The van der Waals surface area contributed by atoms with Gasteiger partial charge in [-0.05, 0) is 43.4 Å². The summed E-state index contributed by atoms with van der Waals surface area (Å²) in [4.78, 5) is 4.56. The molecule has 0 aliphatic heterocycles. The van der Waals surface area contributed by atoms with Gasteiger partial charge in [-0.2, -0.15) is 4.98 Å². The zero-order valence-electron chi connectivity index (χ0n) is 11.3. The Morgan fingerprint density at radius 3 is 2.78 bits per heavy atom. The van der Waals surface area contributed by atoms with Gasteiger partial charge in [0.25, 0.3) is 0 Å². The summed E-state index contributed by atoms with van der Waals surface area (Å²) >= 11 is 0. The van der Waals surface area contributed by atoms with E-state index in [9.17, 15) is 0 Å². The molecule has 2 aliphatic carbocycles. The number of nitrogens with two attached hydrogens (primary N) is 1. The third-order valence-corrected chi connectivity index (χ3v) is 4.57. The highest BCUT2D eigenvalue weighted by molar-refractivity contribution is 5.07. The van der Waals surface area contributed by atoms with E-state index in [0.29, 0.717) is 17.7 Å². The number of hydrogen-bond donors (Lipinski definition) is 1. The molecule has 2 saturated carbocycles. The van der Waals surface area contributed by atoms with Crippen LogP contribution in [0.15, 0.2) is 4.52 Å². The normalized spacial score (nSPS) is 32.3. The second-order valence-electron chi connectivity index (χ2n) is 6.51. The molecule has 0 aromatic carbocycles. The minimum atomic E-state index is -0.107. The van der Waals surface area contributed by atoms with E-state index < -0.39 is 0 Å². The number of rotatable bonds is 4. The Morgan fingerprint density at radius 1 is 1.33 bits per heavy atom. The minimum Gasteiger partial charge on any atom is -0.338 e. The number of fused-ring (bicyclic) bond motifs is 2. The first-order chi connectivity index (χ1) is 8.63. The number of aromatic nitrogens is 2. The Morgan fingerprint density at radius 2 is 2.17 bits per heavy atom. The van der Waals surface area contributed by atoms with Gasteiger partial charge in [0.1, 0.15) is 0 Å². The predicted molar refractivity (Wildman–Crippen MR) is 68.9 cm³/mol. The van der Waals surface area contributed by atoms with Crippen molar-refractivity contribution in [1.82, 2.24) is 10.1 Å². The van der Waals surface area contributed by atoms with Crippen LogP contribution in [0.2, 0.25) is 0 Å². The lowest BCUT2D eigenvalue weighted by Crippen LogP contribution is -2.14. The van der Waals surface area contributed by atoms with Crippen LogP contribution >= 0.6 is 0 Å². The van der Waals surface area contributed by atoms with Crippen molar-refractivity contribution in [3.63, 3.8) is 0 Å². The lowest BCUT2D eigenvalue weighted by atomic mass is 9.88. The van der Waals surface area contributed by atoms with Crippen molar-refractivity contribution in [1.29, 1.82) is 0 Å². The summed E-state index contributed by atoms with van der Waals surface area (Å²) in [5.41, 5.74) is 6.09. The summed E-state index contributed by atoms with van der Waals surface area (Å²) in [6, 6.07) is -0.107. The molecule has 18 heavy (non-hydrogen) atoms. The van der Waals surface area contributed by atoms with Crippen LogP contribution in [0.1, 0.15) is 69.6 Å². The maximum absolute atomic E-state index is 6.09. The Labute approximate surface area is 108 Å². The molecule has 2 fully saturated rings. The molecule has 0 amide bonds. The molecule has 2 aliphatic rings. The molecule has 0 saturated heterocycles. The van der Waals surface area contributed by atoms with Gasteiger partial charge in [-0.1, -0.05) is 25.4 Å². The fourth-order valence-electron chi connectivity index (χ4n) is 3.72. The van der Waals surface area contributed by atoms with Gasteiger partial charge in [-0.15, -0.1) is 0 Å². The zero-order chi connectivity index (χ0) is 12.7. The molecular formula is C14H23N3O. The highest BCUT2D eigenvalue weighted by atomic mass is 16.5. The van der Waals surface area contributed by atoms with Crippen LogP contribution in [-0.4, -0.2) is 10.1 Å². The van der Waals surface area contributed by atoms with Crippen molar-refractivity contribution in [3.05, 3.63) is 11.7 Å². The van der Waals surface area contributed by atoms with Crippen molar-refractivity contribution in [2.45, 2.75) is 57.9 Å². The van der Waals surface area contributed by atoms with Gasteiger partial charge in [0.05, 0.1) is 6.04 Å². The van der Waals surface area contributed by atoms with Crippen LogP contribution in [0, 0.1) is 17.8 Å². The van der Waals surface area contributed by atoms with E-state index in [4.69, 9.17) is 10.3 Å². The quantitative estimate of drug-likeness (QED) is 0.890. The summed E-state index contributed by atoms with van der Waals surface area (Å²) in [5.74, 6) is 4.33. The summed E-state index contributed by atoms with van der Waals surface area (Å²) in [6.45, 7) is 4.32. The second kappa shape index (κ2) is 4.65. The third kappa shape index (κ3) is 2.18. The smallest absolute Gasteiger partial charge is 0.243 e. The van der Waals surface area contributed by atoms with Crippen LogP contribution in [0.25, 0.3) is 0 Å². The monoisotopic (exact) mass is 249 g/mol. The summed E-state index contributed by atoms with van der Waals surface area (Å²) in [6.07, 6.45) is 6.27. The average Bonchev–Trinajstić information content (AvgIpc) is 3.03. The van der Waals surface area contributed by atoms with Crippen LogP contribution in [0.3, 0.4) is 0 Å². The van der Waals surface area contributed by atoms with E-state index in [-0.39, 0.29) is 6.04 Å². The summed E-state index contributed by atoms with van der Waals surface area (Å²) in [7, 11) is 0. The third-order valence-electron chi connectivity index (χ3n) is 4.57. The fraction of sp³-hybridized carbons (Fsp3) is 0.857. The van der Waals surface area contributed by atoms with E-state index in [1.165, 1.54) is 25.7 Å². The van der Waals surface area contributed by atoms with E-state index >= 15 is 0 Å². The molecule has 3 rings (SSSR count). The van der Waals surface area contributed by atoms with Crippen LogP contribution in [0.5, 0.6) is 0 Å². The van der Waals surface area contributed by atoms with Gasteiger partial charge in [-0.3, -0.25) is 0 Å². The van der Waals surface area contributed by atoms with Crippen molar-refractivity contribution in [2.75, 3.05) is 0 Å². The lowest BCUT2D eigenvalue weighted by Gasteiger charge is -2.17. The molecule has 1 aromatic heterocycles. The first-order valence-electron chi connectivity index (χ1n) is 7.22. The standard InChI is InChI=1S/C14H23N3O/c1-8(2)5-12(15)14-16-13(17-18-14)11-7-9-3-4-10(11)6-9/h8-12H,3-7,15H2,1-2H3/t9?,10?,11?,12-/m0/s1. The van der Waals surface area contributed by atoms with Crippen LogP contribution < -0.4 is 5.73 Å². The first kappa shape index (κ1) is 12.2. The predicted octanol–water partition coefficient (Wildman–Crippen LogP) is 3.02. The largest absolute Gasteiger partial charge is 0.338 e. The van der Waals surface area contributed by atoms with Gasteiger partial charge in [0.15, 0.2) is 5.82 Å². The maximum Gasteiger partial charge on any atom is 0.243 e. The van der Waals surface area contributed by atoms with Crippen LogP contribution in [-0.2, 0) is 0 Å². The Balaban J connectivity index is 1.70. The molecule has 0 radical (unpaired) electrons. The van der Waals surface area contributed by atoms with Crippen molar-refractivity contribution in [3.8, 4) is 0 Å². The molecule has 100 valence electrons. The Hall–Kier alpha value is -0.900. The molecule has 2 N–H and O–H groups in total. The lowest BCUT2D eigenvalue weighted by molar-refractivity contribution is 0.324. The summed E-state index contributed by atoms with van der Waals surface area (Å²) in [5, 5.41) is 4.18. The van der Waals surface area contributed by atoms with Crippen LogP contribution in [0.4, 0.5) is 0 Å². The second-order valence-corrected chi connectivity index (χ2v) is 6.51. The average molecular weight is 249 g/mol. The first-order valence-corrected chi connectivity index (χ1v) is 7.22. The number of nitrogens with zero attached hydrogens (tertiary/aromatic N) is 2. The van der Waals surface area contributed by atoms with Gasteiger partial charge >= 0.3 is 0 Å². The van der Waals surface area contributed by atoms with E-state index in [1.807, 2.05) is 0 Å². The molecule has 1 heterocycles. The van der Waals surface area contributed by atoms with Crippen molar-refractivity contribution in [2.24, 2.45) is 23.5 Å². The fourth-order valence-corrected chi connectivity index (χ4v) is 3.72. The molecule has 2 bridgehead atoms. The summed E-state index contributed by atoms with van der Waals surface area (Å²) < 4.78 is 5.36. The molecule has 0 spiro atoms.